The Morgan fingerprint density at radius 2 is 2.06 bits per heavy atom. The maximum atomic E-state index is 12.5. The normalized spacial score (nSPS) is 13.5. The van der Waals surface area contributed by atoms with Crippen molar-refractivity contribution in [2.45, 2.75) is 12.5 Å². The number of halogens is 4. The summed E-state index contributed by atoms with van der Waals surface area (Å²) in [5, 5.41) is 9.48. The van der Waals surface area contributed by atoms with Crippen LogP contribution in [0, 0.1) is 0 Å². The van der Waals surface area contributed by atoms with Gasteiger partial charge in [-0.3, -0.25) is 0 Å². The third kappa shape index (κ3) is 3.00. The van der Waals surface area contributed by atoms with Gasteiger partial charge in [0, 0.05) is 17.7 Å². The average Bonchev–Trinajstić information content (AvgIpc) is 2.25. The molecule has 17 heavy (non-hydrogen) atoms. The lowest BCUT2D eigenvalue weighted by Crippen LogP contribution is -2.13. The summed E-state index contributed by atoms with van der Waals surface area (Å²) in [4.78, 5) is 0. The van der Waals surface area contributed by atoms with Crippen LogP contribution in [-0.4, -0.2) is 18.4 Å². The number of ether oxygens (including phenoxy) is 1. The molecule has 0 aliphatic rings. The lowest BCUT2D eigenvalue weighted by atomic mass is 10.00. The van der Waals surface area contributed by atoms with Crippen molar-refractivity contribution in [1.29, 1.82) is 0 Å². The molecule has 0 bridgehead atoms. The fourth-order valence-electron chi connectivity index (χ4n) is 1.32. The van der Waals surface area contributed by atoms with E-state index in [0.29, 0.717) is 0 Å². The van der Waals surface area contributed by atoms with Gasteiger partial charge in [0.05, 0.1) is 5.57 Å². The molecule has 1 aromatic rings. The maximum Gasteiger partial charge on any atom is 0.416 e. The summed E-state index contributed by atoms with van der Waals surface area (Å²) in [6, 6.07) is 3.89. The maximum absolute atomic E-state index is 12.5. The first-order valence-electron chi connectivity index (χ1n) is 4.54. The van der Waals surface area contributed by atoms with Crippen LogP contribution in [0.15, 0.2) is 24.8 Å². The third-order valence-corrected chi connectivity index (χ3v) is 2.52. The second-order valence-electron chi connectivity index (χ2n) is 3.27. The highest BCUT2D eigenvalue weighted by Crippen LogP contribution is 2.38. The van der Waals surface area contributed by atoms with Crippen LogP contribution in [0.25, 0.3) is 5.57 Å². The van der Waals surface area contributed by atoms with E-state index in [9.17, 15) is 18.3 Å². The van der Waals surface area contributed by atoms with Gasteiger partial charge in [-0.15, -0.1) is 0 Å². The highest BCUT2D eigenvalue weighted by atomic mass is 35.5. The van der Waals surface area contributed by atoms with Crippen LogP contribution >= 0.6 is 11.6 Å². The molecule has 0 spiro atoms. The third-order valence-electron chi connectivity index (χ3n) is 2.19. The fraction of sp³-hybridized carbons (Fsp3) is 0.273. The molecule has 0 saturated carbocycles. The molecule has 1 aromatic carbocycles. The van der Waals surface area contributed by atoms with Crippen LogP contribution < -0.4 is 0 Å². The summed E-state index contributed by atoms with van der Waals surface area (Å²) in [6.07, 6.45) is -6.12. The van der Waals surface area contributed by atoms with Gasteiger partial charge >= 0.3 is 6.18 Å². The molecule has 6 heteroatoms. The topological polar surface area (TPSA) is 29.5 Å². The van der Waals surface area contributed by atoms with Gasteiger partial charge in [-0.05, 0) is 11.6 Å². The minimum atomic E-state index is -4.59. The Bertz CT molecular complexity index is 429. The number of allylic oxidation sites excluding steroid dienone is 1. The lowest BCUT2D eigenvalue weighted by Gasteiger charge is -2.18. The first-order chi connectivity index (χ1) is 7.79. The molecule has 94 valence electrons. The Morgan fingerprint density at radius 3 is 2.53 bits per heavy atom. The molecule has 1 rings (SSSR count). The Labute approximate surface area is 101 Å². The van der Waals surface area contributed by atoms with Crippen LogP contribution in [0.1, 0.15) is 17.4 Å². The molecule has 2 nitrogen and oxygen atoms in total. The van der Waals surface area contributed by atoms with Crippen molar-refractivity contribution < 1.29 is 23.0 Å². The number of hydrogen-bond donors (Lipinski definition) is 1. The van der Waals surface area contributed by atoms with Crippen molar-refractivity contribution in [1.82, 2.24) is 0 Å². The highest BCUT2D eigenvalue weighted by molar-refractivity contribution is 6.31. The molecule has 0 aliphatic heterocycles. The zero-order valence-electron chi connectivity index (χ0n) is 8.88. The predicted molar refractivity (Wildman–Crippen MR) is 58.5 cm³/mol. The van der Waals surface area contributed by atoms with E-state index in [1.54, 1.807) is 0 Å². The molecule has 0 radical (unpaired) electrons. The van der Waals surface area contributed by atoms with Gasteiger partial charge in [0.2, 0.25) is 0 Å². The summed E-state index contributed by atoms with van der Waals surface area (Å²) < 4.78 is 42.2. The first kappa shape index (κ1) is 14.0. The average molecular weight is 267 g/mol. The lowest BCUT2D eigenvalue weighted by molar-refractivity contribution is -0.0791. The van der Waals surface area contributed by atoms with Gasteiger partial charge in [-0.25, -0.2) is 0 Å². The van der Waals surface area contributed by atoms with Crippen molar-refractivity contribution in [3.8, 4) is 0 Å². The van der Waals surface area contributed by atoms with Gasteiger partial charge in [0.15, 0.2) is 6.29 Å². The Balaban J connectivity index is 3.34. The van der Waals surface area contributed by atoms with Crippen molar-refractivity contribution in [2.24, 2.45) is 0 Å². The monoisotopic (exact) mass is 266 g/mol. The number of alkyl halides is 3. The molecule has 1 atom stereocenters. The summed E-state index contributed by atoms with van der Waals surface area (Å²) >= 11 is 5.75. The van der Waals surface area contributed by atoms with E-state index in [4.69, 9.17) is 11.6 Å². The molecule has 1 N–H and O–H groups in total. The minimum Gasteiger partial charge on any atom is -0.364 e. The number of rotatable bonds is 3. The number of aliphatic hydroxyl groups excluding tert-OH is 1. The van der Waals surface area contributed by atoms with Crippen molar-refractivity contribution in [3.63, 3.8) is 0 Å². The largest absolute Gasteiger partial charge is 0.416 e. The Kier molecular flexibility index (Phi) is 4.19. The molecular formula is C11H10ClF3O2. The van der Waals surface area contributed by atoms with Gasteiger partial charge in [0.25, 0.3) is 0 Å². The Hall–Kier alpha value is -1.04. The molecule has 1 unspecified atom stereocenters. The molecule has 0 heterocycles. The molecular weight excluding hydrogens is 257 g/mol. The SMILES string of the molecule is C=C(c1cccc(Cl)c1C(O)OC)C(F)(F)F. The van der Waals surface area contributed by atoms with Crippen molar-refractivity contribution in [3.05, 3.63) is 40.9 Å². The second-order valence-corrected chi connectivity index (χ2v) is 3.67. The number of hydrogen-bond acceptors (Lipinski definition) is 2. The highest BCUT2D eigenvalue weighted by Gasteiger charge is 2.35. The van der Waals surface area contributed by atoms with E-state index < -0.39 is 18.0 Å². The fourth-order valence-corrected chi connectivity index (χ4v) is 1.59. The summed E-state index contributed by atoms with van der Waals surface area (Å²) in [7, 11) is 1.16. The molecule has 0 fully saturated rings. The molecule has 0 aromatic heterocycles. The zero-order valence-corrected chi connectivity index (χ0v) is 9.64. The van der Waals surface area contributed by atoms with E-state index in [2.05, 4.69) is 11.3 Å². The van der Waals surface area contributed by atoms with Crippen LogP contribution in [0.5, 0.6) is 0 Å². The van der Waals surface area contributed by atoms with E-state index in [0.717, 1.165) is 7.11 Å². The van der Waals surface area contributed by atoms with Crippen LogP contribution in [0.4, 0.5) is 13.2 Å². The van der Waals surface area contributed by atoms with E-state index >= 15 is 0 Å². The van der Waals surface area contributed by atoms with Crippen LogP contribution in [0.2, 0.25) is 5.02 Å². The van der Waals surface area contributed by atoms with Gasteiger partial charge in [-0.2, -0.15) is 13.2 Å². The summed E-state index contributed by atoms with van der Waals surface area (Å²) in [5.41, 5.74) is -1.50. The van der Waals surface area contributed by atoms with E-state index in [1.165, 1.54) is 18.2 Å². The molecule has 0 saturated heterocycles. The van der Waals surface area contributed by atoms with Crippen LogP contribution in [-0.2, 0) is 4.74 Å². The van der Waals surface area contributed by atoms with Crippen LogP contribution in [0.3, 0.4) is 0 Å². The summed E-state index contributed by atoms with van der Waals surface area (Å²) in [6.45, 7) is 2.96. The summed E-state index contributed by atoms with van der Waals surface area (Å²) in [5.74, 6) is 0. The molecule has 0 amide bonds. The van der Waals surface area contributed by atoms with Gasteiger partial charge in [0.1, 0.15) is 0 Å². The predicted octanol–water partition coefficient (Wildman–Crippen LogP) is 3.55. The zero-order chi connectivity index (χ0) is 13.2. The van der Waals surface area contributed by atoms with E-state index in [-0.39, 0.29) is 16.1 Å². The second kappa shape index (κ2) is 5.08. The number of aliphatic hydroxyl groups is 1. The molecule has 0 aliphatic carbocycles. The number of methoxy groups -OCH3 is 1. The first-order valence-corrected chi connectivity index (χ1v) is 4.92. The minimum absolute atomic E-state index is 0.0118. The smallest absolute Gasteiger partial charge is 0.364 e. The van der Waals surface area contributed by atoms with Crippen molar-refractivity contribution >= 4 is 17.2 Å². The standard InChI is InChI=1S/C11H10ClF3O2/c1-6(11(13,14)15)7-4-3-5-8(12)9(7)10(16)17-2/h3-5,10,16H,1H2,2H3. The Morgan fingerprint density at radius 1 is 1.47 bits per heavy atom. The van der Waals surface area contributed by atoms with Gasteiger partial charge in [-0.1, -0.05) is 30.3 Å². The number of benzene rings is 1. The van der Waals surface area contributed by atoms with Gasteiger partial charge < -0.3 is 9.84 Å². The quantitative estimate of drug-likeness (QED) is 0.848. The van der Waals surface area contributed by atoms with E-state index in [1.807, 2.05) is 0 Å². The van der Waals surface area contributed by atoms with Crippen molar-refractivity contribution in [2.75, 3.05) is 7.11 Å².